The quantitative estimate of drug-likeness (QED) is 0.917. The summed E-state index contributed by atoms with van der Waals surface area (Å²) in [4.78, 5) is 13.7. The van der Waals surface area contributed by atoms with E-state index in [0.717, 1.165) is 37.4 Å². The number of carbonyl (C=O) groups excluding carboxylic acids is 1. The van der Waals surface area contributed by atoms with Gasteiger partial charge in [-0.1, -0.05) is 6.07 Å². The van der Waals surface area contributed by atoms with Gasteiger partial charge in [-0.3, -0.25) is 9.69 Å². The summed E-state index contributed by atoms with van der Waals surface area (Å²) in [5, 5.41) is 0. The second-order valence-corrected chi connectivity index (χ2v) is 5.93. The lowest BCUT2D eigenvalue weighted by Gasteiger charge is -2.37. The van der Waals surface area contributed by atoms with Gasteiger partial charge in [-0.2, -0.15) is 0 Å². The third-order valence-electron chi connectivity index (χ3n) is 4.41. The Morgan fingerprint density at radius 2 is 2.05 bits per heavy atom. The van der Waals surface area contributed by atoms with E-state index in [2.05, 4.69) is 17.9 Å². The highest BCUT2D eigenvalue weighted by atomic mass is 16.6. The lowest BCUT2D eigenvalue weighted by atomic mass is 9.92. The van der Waals surface area contributed by atoms with E-state index in [-0.39, 0.29) is 11.8 Å². The van der Waals surface area contributed by atoms with Crippen molar-refractivity contribution < 1.29 is 14.3 Å². The van der Waals surface area contributed by atoms with Crippen molar-refractivity contribution >= 4 is 5.91 Å². The number of piperidine rings is 1. The Kier molecular flexibility index (Phi) is 4.01. The van der Waals surface area contributed by atoms with E-state index in [0.29, 0.717) is 19.3 Å². The molecule has 2 N–H and O–H groups in total. The number of nitrogens with two attached hydrogens (primary N) is 1. The van der Waals surface area contributed by atoms with Crippen molar-refractivity contribution in [2.75, 3.05) is 19.8 Å². The van der Waals surface area contributed by atoms with Crippen molar-refractivity contribution in [1.82, 2.24) is 4.90 Å². The maximum absolute atomic E-state index is 11.4. The van der Waals surface area contributed by atoms with Crippen LogP contribution >= 0.6 is 0 Å². The molecule has 2 aliphatic rings. The maximum atomic E-state index is 11.4. The van der Waals surface area contributed by atoms with E-state index in [1.54, 1.807) is 0 Å². The summed E-state index contributed by atoms with van der Waals surface area (Å²) in [6, 6.07) is 6.53. The summed E-state index contributed by atoms with van der Waals surface area (Å²) in [7, 11) is 0. The molecule has 2 aliphatic heterocycles. The first kappa shape index (κ1) is 14.2. The molecule has 0 aliphatic carbocycles. The highest BCUT2D eigenvalue weighted by Gasteiger charge is 2.28. The fraction of sp³-hybridized carbons (Fsp3) is 0.562. The summed E-state index contributed by atoms with van der Waals surface area (Å²) in [6.07, 6.45) is 1.91. The first-order valence-corrected chi connectivity index (χ1v) is 7.55. The lowest BCUT2D eigenvalue weighted by molar-refractivity contribution is -0.124. The molecule has 5 nitrogen and oxygen atoms in total. The number of ether oxygens (including phenoxy) is 2. The molecule has 114 valence electrons. The Morgan fingerprint density at radius 3 is 2.81 bits per heavy atom. The van der Waals surface area contributed by atoms with Gasteiger partial charge in [-0.15, -0.1) is 0 Å². The second kappa shape index (κ2) is 5.93. The predicted molar refractivity (Wildman–Crippen MR) is 79.2 cm³/mol. The molecule has 0 saturated carbocycles. The third-order valence-corrected chi connectivity index (χ3v) is 4.41. The van der Waals surface area contributed by atoms with Crippen molar-refractivity contribution in [1.29, 1.82) is 0 Å². The molecule has 1 aromatic rings. The van der Waals surface area contributed by atoms with Crippen LogP contribution in [-0.2, 0) is 11.3 Å². The topological polar surface area (TPSA) is 64.8 Å². The van der Waals surface area contributed by atoms with Crippen LogP contribution in [0.5, 0.6) is 11.5 Å². The molecule has 1 saturated heterocycles. The van der Waals surface area contributed by atoms with Gasteiger partial charge in [0.25, 0.3) is 0 Å². The highest BCUT2D eigenvalue weighted by molar-refractivity contribution is 5.77. The van der Waals surface area contributed by atoms with Crippen LogP contribution in [-0.4, -0.2) is 36.6 Å². The van der Waals surface area contributed by atoms with Crippen molar-refractivity contribution in [3.8, 4) is 11.5 Å². The monoisotopic (exact) mass is 290 g/mol. The van der Waals surface area contributed by atoms with Gasteiger partial charge in [0.1, 0.15) is 13.2 Å². The fourth-order valence-corrected chi connectivity index (χ4v) is 3.05. The Bertz CT molecular complexity index is 532. The highest BCUT2D eigenvalue weighted by Crippen LogP contribution is 2.32. The van der Waals surface area contributed by atoms with Crippen molar-refractivity contribution in [3.63, 3.8) is 0 Å². The number of primary amides is 1. The van der Waals surface area contributed by atoms with Crippen molar-refractivity contribution in [2.24, 2.45) is 11.7 Å². The second-order valence-electron chi connectivity index (χ2n) is 5.93. The SMILES string of the molecule is C[C@H]1CC[C@@H](C(N)=O)CN1Cc1ccc2c(c1)OCCO2. The zero-order chi connectivity index (χ0) is 14.8. The molecule has 1 fully saturated rings. The Hall–Kier alpha value is -1.75. The first-order chi connectivity index (χ1) is 10.1. The molecule has 2 atom stereocenters. The Labute approximate surface area is 125 Å². The van der Waals surface area contributed by atoms with Crippen LogP contribution in [0, 0.1) is 5.92 Å². The zero-order valence-electron chi connectivity index (χ0n) is 12.4. The van der Waals surface area contributed by atoms with Crippen molar-refractivity contribution in [2.45, 2.75) is 32.4 Å². The minimum atomic E-state index is -0.186. The van der Waals surface area contributed by atoms with Crippen LogP contribution in [0.1, 0.15) is 25.3 Å². The molecule has 0 radical (unpaired) electrons. The van der Waals surface area contributed by atoms with Crippen LogP contribution < -0.4 is 15.2 Å². The Balaban J connectivity index is 1.71. The molecule has 5 heteroatoms. The number of hydrogen-bond donors (Lipinski definition) is 1. The van der Waals surface area contributed by atoms with Gasteiger partial charge in [-0.05, 0) is 37.5 Å². The van der Waals surface area contributed by atoms with Gasteiger partial charge in [0, 0.05) is 19.1 Å². The smallest absolute Gasteiger partial charge is 0.221 e. The number of hydrogen-bond acceptors (Lipinski definition) is 4. The van der Waals surface area contributed by atoms with Gasteiger partial charge in [0.15, 0.2) is 11.5 Å². The van der Waals surface area contributed by atoms with E-state index in [9.17, 15) is 4.79 Å². The minimum Gasteiger partial charge on any atom is -0.486 e. The van der Waals surface area contributed by atoms with E-state index in [1.807, 2.05) is 12.1 Å². The number of nitrogens with zero attached hydrogens (tertiary/aromatic N) is 1. The number of likely N-dealkylation sites (tertiary alicyclic amines) is 1. The van der Waals surface area contributed by atoms with Crippen molar-refractivity contribution in [3.05, 3.63) is 23.8 Å². The van der Waals surface area contributed by atoms with Crippen LogP contribution in [0.3, 0.4) is 0 Å². The fourth-order valence-electron chi connectivity index (χ4n) is 3.05. The van der Waals surface area contributed by atoms with E-state index < -0.39 is 0 Å². The van der Waals surface area contributed by atoms with E-state index in [1.165, 1.54) is 5.56 Å². The summed E-state index contributed by atoms with van der Waals surface area (Å²) >= 11 is 0. The molecule has 0 bridgehead atoms. The summed E-state index contributed by atoms with van der Waals surface area (Å²) < 4.78 is 11.2. The van der Waals surface area contributed by atoms with E-state index in [4.69, 9.17) is 15.2 Å². The molecule has 1 aromatic carbocycles. The van der Waals surface area contributed by atoms with Crippen LogP contribution in [0.15, 0.2) is 18.2 Å². The summed E-state index contributed by atoms with van der Waals surface area (Å²) in [5.74, 6) is 1.41. The van der Waals surface area contributed by atoms with Gasteiger partial charge in [0.2, 0.25) is 5.91 Å². The maximum Gasteiger partial charge on any atom is 0.221 e. The average molecular weight is 290 g/mol. The number of rotatable bonds is 3. The summed E-state index contributed by atoms with van der Waals surface area (Å²) in [6.45, 7) is 4.96. The molecule has 2 heterocycles. The molecule has 0 unspecified atom stereocenters. The average Bonchev–Trinajstić information content (AvgIpc) is 2.49. The molecular formula is C16H22N2O3. The molecule has 21 heavy (non-hydrogen) atoms. The standard InChI is InChI=1S/C16H22N2O3/c1-11-2-4-13(16(17)19)10-18(11)9-12-3-5-14-15(8-12)21-7-6-20-14/h3,5,8,11,13H,2,4,6-7,9-10H2,1H3,(H2,17,19)/t11-,13+/m0/s1. The van der Waals surface area contributed by atoms with Crippen LogP contribution in [0.2, 0.25) is 0 Å². The summed E-state index contributed by atoms with van der Waals surface area (Å²) in [5.41, 5.74) is 6.63. The zero-order valence-corrected chi connectivity index (χ0v) is 12.4. The molecular weight excluding hydrogens is 268 g/mol. The van der Waals surface area contributed by atoms with Crippen LogP contribution in [0.4, 0.5) is 0 Å². The molecule has 0 spiro atoms. The lowest BCUT2D eigenvalue weighted by Crippen LogP contribution is -2.45. The van der Waals surface area contributed by atoms with Gasteiger partial charge in [0.05, 0.1) is 5.92 Å². The molecule has 0 aromatic heterocycles. The Morgan fingerprint density at radius 1 is 1.29 bits per heavy atom. The number of benzene rings is 1. The largest absolute Gasteiger partial charge is 0.486 e. The van der Waals surface area contributed by atoms with Crippen LogP contribution in [0.25, 0.3) is 0 Å². The normalized spacial score (nSPS) is 25.6. The van der Waals surface area contributed by atoms with E-state index >= 15 is 0 Å². The predicted octanol–water partition coefficient (Wildman–Crippen LogP) is 1.54. The van der Waals surface area contributed by atoms with Gasteiger partial charge in [-0.25, -0.2) is 0 Å². The molecule has 1 amide bonds. The number of fused-ring (bicyclic) bond motifs is 1. The van der Waals surface area contributed by atoms with Gasteiger partial charge >= 0.3 is 0 Å². The first-order valence-electron chi connectivity index (χ1n) is 7.55. The number of carbonyl (C=O) groups is 1. The molecule has 3 rings (SSSR count). The minimum absolute atomic E-state index is 0.0292. The third kappa shape index (κ3) is 3.13. The number of amides is 1. The van der Waals surface area contributed by atoms with Gasteiger partial charge < -0.3 is 15.2 Å².